The van der Waals surface area contributed by atoms with Gasteiger partial charge in [0.25, 0.3) is 0 Å². The molecule has 0 aromatic carbocycles. The molecular formula is C12H16N2OS2. The largest absolute Gasteiger partial charge is 0.321 e. The van der Waals surface area contributed by atoms with Crippen LogP contribution in [0.3, 0.4) is 0 Å². The summed E-state index contributed by atoms with van der Waals surface area (Å²) in [5.74, 6) is 3.40. The second-order valence-corrected chi connectivity index (χ2v) is 6.55. The first-order valence-electron chi connectivity index (χ1n) is 5.97. The molecule has 0 radical (unpaired) electrons. The van der Waals surface area contributed by atoms with Crippen molar-refractivity contribution < 1.29 is 4.79 Å². The van der Waals surface area contributed by atoms with Gasteiger partial charge in [-0.25, -0.2) is 0 Å². The number of thiophene rings is 1. The van der Waals surface area contributed by atoms with E-state index in [2.05, 4.69) is 22.1 Å². The van der Waals surface area contributed by atoms with E-state index in [0.29, 0.717) is 12.5 Å². The maximum absolute atomic E-state index is 11.9. The van der Waals surface area contributed by atoms with Crippen molar-refractivity contribution in [1.29, 1.82) is 0 Å². The summed E-state index contributed by atoms with van der Waals surface area (Å²) in [5.41, 5.74) is 1.23. The third-order valence-corrected chi connectivity index (χ3v) is 5.35. The van der Waals surface area contributed by atoms with Crippen molar-refractivity contribution in [2.75, 3.05) is 24.6 Å². The predicted molar refractivity (Wildman–Crippen MR) is 72.2 cm³/mol. The maximum atomic E-state index is 11.9. The Morgan fingerprint density at radius 3 is 3.18 bits per heavy atom. The summed E-state index contributed by atoms with van der Waals surface area (Å²) in [5, 5.41) is 7.51. The van der Waals surface area contributed by atoms with Crippen molar-refractivity contribution in [3.8, 4) is 0 Å². The van der Waals surface area contributed by atoms with Crippen LogP contribution in [0.4, 0.5) is 0 Å². The van der Waals surface area contributed by atoms with E-state index in [0.717, 1.165) is 6.54 Å². The summed E-state index contributed by atoms with van der Waals surface area (Å²) in [6.45, 7) is 1.40. The fraction of sp³-hybridized carbons (Fsp3) is 0.583. The van der Waals surface area contributed by atoms with E-state index < -0.39 is 0 Å². The molecule has 5 heteroatoms. The Labute approximate surface area is 110 Å². The molecule has 1 aromatic heterocycles. The van der Waals surface area contributed by atoms with Crippen LogP contribution >= 0.6 is 23.1 Å². The van der Waals surface area contributed by atoms with Crippen LogP contribution in [-0.2, 0) is 4.79 Å². The Kier molecular flexibility index (Phi) is 3.40. The molecule has 0 saturated carbocycles. The summed E-state index contributed by atoms with van der Waals surface area (Å²) >= 11 is 3.70. The predicted octanol–water partition coefficient (Wildman–Crippen LogP) is 1.93. The van der Waals surface area contributed by atoms with Crippen LogP contribution in [0.5, 0.6) is 0 Å². The van der Waals surface area contributed by atoms with Gasteiger partial charge in [0.05, 0.1) is 6.54 Å². The molecule has 3 rings (SSSR count). The van der Waals surface area contributed by atoms with Crippen LogP contribution in [0.15, 0.2) is 16.8 Å². The van der Waals surface area contributed by atoms with E-state index >= 15 is 0 Å². The van der Waals surface area contributed by atoms with Gasteiger partial charge in [-0.15, -0.1) is 0 Å². The van der Waals surface area contributed by atoms with Crippen LogP contribution in [0.2, 0.25) is 0 Å². The number of rotatable bonds is 3. The molecule has 2 fully saturated rings. The highest BCUT2D eigenvalue weighted by atomic mass is 32.2. The van der Waals surface area contributed by atoms with Crippen molar-refractivity contribution in [3.05, 3.63) is 22.4 Å². The highest BCUT2D eigenvalue weighted by Gasteiger charge is 2.33. The van der Waals surface area contributed by atoms with Gasteiger partial charge in [-0.2, -0.15) is 23.1 Å². The van der Waals surface area contributed by atoms with E-state index in [1.54, 1.807) is 11.3 Å². The molecule has 2 atom stereocenters. The molecule has 1 aromatic rings. The van der Waals surface area contributed by atoms with Gasteiger partial charge in [-0.05, 0) is 46.2 Å². The van der Waals surface area contributed by atoms with Crippen LogP contribution < -0.4 is 5.32 Å². The molecular weight excluding hydrogens is 252 g/mol. The number of nitrogens with one attached hydrogen (secondary N) is 1. The quantitative estimate of drug-likeness (QED) is 0.909. The third kappa shape index (κ3) is 2.37. The van der Waals surface area contributed by atoms with E-state index in [-0.39, 0.29) is 12.1 Å². The van der Waals surface area contributed by atoms with Crippen LogP contribution in [0, 0.1) is 5.92 Å². The number of carbonyl (C=O) groups excluding carboxylic acids is 1. The molecule has 17 heavy (non-hydrogen) atoms. The number of hydrogen-bond donors (Lipinski definition) is 1. The second kappa shape index (κ2) is 5.00. The Morgan fingerprint density at radius 1 is 1.53 bits per heavy atom. The third-order valence-electron chi connectivity index (χ3n) is 3.42. The second-order valence-electron chi connectivity index (χ2n) is 4.62. The van der Waals surface area contributed by atoms with Gasteiger partial charge in [0.15, 0.2) is 0 Å². The van der Waals surface area contributed by atoms with Crippen LogP contribution in [-0.4, -0.2) is 35.4 Å². The van der Waals surface area contributed by atoms with Gasteiger partial charge in [-0.3, -0.25) is 10.1 Å². The minimum absolute atomic E-state index is 0.111. The SMILES string of the molecule is O=C1CNC(c2ccsc2)N1CC1CCSC1. The first kappa shape index (κ1) is 11.6. The Hall–Kier alpha value is -0.520. The lowest BCUT2D eigenvalue weighted by molar-refractivity contribution is -0.128. The van der Waals surface area contributed by atoms with E-state index in [4.69, 9.17) is 0 Å². The van der Waals surface area contributed by atoms with Gasteiger partial charge in [0.1, 0.15) is 6.17 Å². The lowest BCUT2D eigenvalue weighted by Crippen LogP contribution is -2.34. The van der Waals surface area contributed by atoms with Crippen molar-refractivity contribution >= 4 is 29.0 Å². The van der Waals surface area contributed by atoms with Gasteiger partial charge >= 0.3 is 0 Å². The summed E-state index contributed by atoms with van der Waals surface area (Å²) in [4.78, 5) is 14.0. The van der Waals surface area contributed by atoms with Gasteiger partial charge in [0.2, 0.25) is 5.91 Å². The number of carbonyl (C=O) groups is 1. The molecule has 2 aliphatic heterocycles. The average molecular weight is 268 g/mol. The lowest BCUT2D eigenvalue weighted by atomic mass is 10.1. The standard InChI is InChI=1S/C12H16N2OS2/c15-11-5-13-12(10-2-4-17-8-10)14(11)6-9-1-3-16-7-9/h2,4,8-9,12-13H,1,3,5-7H2. The van der Waals surface area contributed by atoms with Crippen LogP contribution in [0.25, 0.3) is 0 Å². The zero-order chi connectivity index (χ0) is 11.7. The molecule has 0 bridgehead atoms. The molecule has 3 heterocycles. The van der Waals surface area contributed by atoms with Gasteiger partial charge < -0.3 is 4.90 Å². The van der Waals surface area contributed by atoms with Crippen molar-refractivity contribution in [2.45, 2.75) is 12.6 Å². The van der Waals surface area contributed by atoms with Gasteiger partial charge in [-0.1, -0.05) is 0 Å². The normalized spacial score (nSPS) is 29.2. The van der Waals surface area contributed by atoms with E-state index in [1.165, 1.54) is 23.5 Å². The molecule has 3 nitrogen and oxygen atoms in total. The van der Waals surface area contributed by atoms with Crippen molar-refractivity contribution in [3.63, 3.8) is 0 Å². The minimum atomic E-state index is 0.111. The molecule has 2 unspecified atom stereocenters. The number of thioether (sulfide) groups is 1. The zero-order valence-corrected chi connectivity index (χ0v) is 11.2. The summed E-state index contributed by atoms with van der Waals surface area (Å²) in [6, 6.07) is 2.11. The molecule has 1 amide bonds. The molecule has 92 valence electrons. The molecule has 2 aliphatic rings. The lowest BCUT2D eigenvalue weighted by Gasteiger charge is -2.26. The Balaban J connectivity index is 1.72. The smallest absolute Gasteiger partial charge is 0.238 e. The maximum Gasteiger partial charge on any atom is 0.238 e. The summed E-state index contributed by atoms with van der Waals surface area (Å²) in [7, 11) is 0. The number of amides is 1. The first-order valence-corrected chi connectivity index (χ1v) is 8.07. The first-order chi connectivity index (χ1) is 8.34. The fourth-order valence-corrected chi connectivity index (χ4v) is 4.43. The Bertz CT molecular complexity index is 387. The zero-order valence-electron chi connectivity index (χ0n) is 9.59. The van der Waals surface area contributed by atoms with Crippen molar-refractivity contribution in [2.24, 2.45) is 5.92 Å². The van der Waals surface area contributed by atoms with E-state index in [9.17, 15) is 4.79 Å². The summed E-state index contributed by atoms with van der Waals surface area (Å²) in [6.07, 6.45) is 1.37. The summed E-state index contributed by atoms with van der Waals surface area (Å²) < 4.78 is 0. The number of hydrogen-bond acceptors (Lipinski definition) is 4. The molecule has 2 saturated heterocycles. The number of nitrogens with zero attached hydrogens (tertiary/aromatic N) is 1. The minimum Gasteiger partial charge on any atom is -0.321 e. The van der Waals surface area contributed by atoms with Gasteiger partial charge in [0, 0.05) is 6.54 Å². The highest BCUT2D eigenvalue weighted by molar-refractivity contribution is 7.99. The topological polar surface area (TPSA) is 32.3 Å². The average Bonchev–Trinajstić information content (AvgIpc) is 3.03. The van der Waals surface area contributed by atoms with E-state index in [1.807, 2.05) is 16.7 Å². The molecule has 1 N–H and O–H groups in total. The van der Waals surface area contributed by atoms with Crippen molar-refractivity contribution in [1.82, 2.24) is 10.2 Å². The fourth-order valence-electron chi connectivity index (χ4n) is 2.48. The van der Waals surface area contributed by atoms with Crippen LogP contribution in [0.1, 0.15) is 18.2 Å². The Morgan fingerprint density at radius 2 is 2.47 bits per heavy atom. The monoisotopic (exact) mass is 268 g/mol. The molecule has 0 aliphatic carbocycles. The molecule has 0 spiro atoms. The highest BCUT2D eigenvalue weighted by Crippen LogP contribution is 2.29.